The minimum Gasteiger partial charge on any atom is -0.351 e. The Bertz CT molecular complexity index is 664. The predicted molar refractivity (Wildman–Crippen MR) is 89.9 cm³/mol. The SMILES string of the molecule is CCC(=O)C1(C(=O)NCc2cccc(CN3CCCC3=O)c2)CC1. The summed E-state index contributed by atoms with van der Waals surface area (Å²) in [6.07, 6.45) is 3.32. The van der Waals surface area contributed by atoms with Crippen LogP contribution < -0.4 is 5.32 Å². The molecule has 1 saturated carbocycles. The molecule has 2 amide bonds. The van der Waals surface area contributed by atoms with Crippen LogP contribution in [0.2, 0.25) is 0 Å². The number of hydrogen-bond donors (Lipinski definition) is 1. The van der Waals surface area contributed by atoms with Gasteiger partial charge in [0.15, 0.2) is 0 Å². The van der Waals surface area contributed by atoms with E-state index in [0.717, 1.165) is 24.1 Å². The van der Waals surface area contributed by atoms with Gasteiger partial charge in [-0.15, -0.1) is 0 Å². The lowest BCUT2D eigenvalue weighted by atomic mass is 9.98. The van der Waals surface area contributed by atoms with Gasteiger partial charge in [0.25, 0.3) is 0 Å². The van der Waals surface area contributed by atoms with Crippen LogP contribution in [0.1, 0.15) is 50.2 Å². The van der Waals surface area contributed by atoms with Gasteiger partial charge in [0, 0.05) is 32.5 Å². The molecule has 0 unspecified atom stereocenters. The van der Waals surface area contributed by atoms with Crippen molar-refractivity contribution in [2.45, 2.75) is 52.1 Å². The van der Waals surface area contributed by atoms with Crippen LogP contribution in [0.4, 0.5) is 0 Å². The minimum atomic E-state index is -0.756. The van der Waals surface area contributed by atoms with Gasteiger partial charge >= 0.3 is 0 Å². The third-order valence-electron chi connectivity index (χ3n) is 5.03. The monoisotopic (exact) mass is 328 g/mol. The van der Waals surface area contributed by atoms with Crippen molar-refractivity contribution in [3.63, 3.8) is 0 Å². The summed E-state index contributed by atoms with van der Waals surface area (Å²) in [5, 5.41) is 2.91. The molecule has 5 heteroatoms. The van der Waals surface area contributed by atoms with Crippen LogP contribution in [0, 0.1) is 5.41 Å². The van der Waals surface area contributed by atoms with Gasteiger partial charge in [-0.1, -0.05) is 31.2 Å². The quantitative estimate of drug-likeness (QED) is 0.780. The largest absolute Gasteiger partial charge is 0.351 e. The lowest BCUT2D eigenvalue weighted by molar-refractivity contribution is -0.136. The van der Waals surface area contributed by atoms with Crippen molar-refractivity contribution < 1.29 is 14.4 Å². The Hall–Kier alpha value is -2.17. The van der Waals surface area contributed by atoms with Crippen molar-refractivity contribution in [1.82, 2.24) is 10.2 Å². The molecule has 0 atom stereocenters. The van der Waals surface area contributed by atoms with E-state index in [-0.39, 0.29) is 17.6 Å². The van der Waals surface area contributed by atoms with Crippen molar-refractivity contribution in [2.75, 3.05) is 6.54 Å². The highest BCUT2D eigenvalue weighted by Crippen LogP contribution is 2.47. The highest BCUT2D eigenvalue weighted by atomic mass is 16.2. The number of ketones is 1. The summed E-state index contributed by atoms with van der Waals surface area (Å²) in [7, 11) is 0. The van der Waals surface area contributed by atoms with Gasteiger partial charge in [-0.05, 0) is 30.4 Å². The normalized spacial score (nSPS) is 18.5. The van der Waals surface area contributed by atoms with E-state index in [0.29, 0.717) is 38.8 Å². The third kappa shape index (κ3) is 3.35. The third-order valence-corrected chi connectivity index (χ3v) is 5.03. The maximum atomic E-state index is 12.3. The van der Waals surface area contributed by atoms with Crippen molar-refractivity contribution in [3.8, 4) is 0 Å². The number of hydrogen-bond acceptors (Lipinski definition) is 3. The molecule has 1 aromatic carbocycles. The van der Waals surface area contributed by atoms with E-state index in [9.17, 15) is 14.4 Å². The summed E-state index contributed by atoms with van der Waals surface area (Å²) >= 11 is 0. The summed E-state index contributed by atoms with van der Waals surface area (Å²) in [6.45, 7) is 3.67. The second-order valence-corrected chi connectivity index (χ2v) is 6.78. The molecule has 1 aliphatic heterocycles. The van der Waals surface area contributed by atoms with Crippen LogP contribution in [0.3, 0.4) is 0 Å². The van der Waals surface area contributed by atoms with Gasteiger partial charge in [0.2, 0.25) is 11.8 Å². The summed E-state index contributed by atoms with van der Waals surface area (Å²) < 4.78 is 0. The second kappa shape index (κ2) is 6.75. The zero-order chi connectivity index (χ0) is 17.2. The Labute approximate surface area is 142 Å². The standard InChI is InChI=1S/C19H24N2O3/c1-2-16(22)19(8-9-19)18(24)20-12-14-5-3-6-15(11-14)13-21-10-4-7-17(21)23/h3,5-6,11H,2,4,7-10,12-13H2,1H3,(H,20,24). The van der Waals surface area contributed by atoms with Crippen LogP contribution in [-0.2, 0) is 27.5 Å². The zero-order valence-electron chi connectivity index (χ0n) is 14.1. The fourth-order valence-electron chi connectivity index (χ4n) is 3.38. The number of amides is 2. The number of Topliss-reactive ketones (excluding diaryl/α,β-unsaturated/α-hetero) is 1. The fourth-order valence-corrected chi connectivity index (χ4v) is 3.38. The Morgan fingerprint density at radius 2 is 2.00 bits per heavy atom. The van der Waals surface area contributed by atoms with E-state index in [1.807, 2.05) is 29.2 Å². The molecular formula is C19H24N2O3. The van der Waals surface area contributed by atoms with Gasteiger partial charge in [-0.2, -0.15) is 0 Å². The second-order valence-electron chi connectivity index (χ2n) is 6.78. The number of benzene rings is 1. The molecular weight excluding hydrogens is 304 g/mol. The molecule has 128 valence electrons. The van der Waals surface area contributed by atoms with E-state index in [4.69, 9.17) is 0 Å². The van der Waals surface area contributed by atoms with Crippen LogP contribution in [-0.4, -0.2) is 29.0 Å². The van der Waals surface area contributed by atoms with E-state index < -0.39 is 5.41 Å². The Kier molecular flexibility index (Phi) is 4.69. The molecule has 1 aliphatic carbocycles. The molecule has 0 spiro atoms. The number of rotatable bonds is 7. The molecule has 1 aromatic rings. The van der Waals surface area contributed by atoms with E-state index in [1.165, 1.54) is 0 Å². The number of likely N-dealkylation sites (tertiary alicyclic amines) is 1. The maximum Gasteiger partial charge on any atom is 0.233 e. The Morgan fingerprint density at radius 3 is 2.62 bits per heavy atom. The number of carbonyl (C=O) groups is 3. The van der Waals surface area contributed by atoms with E-state index in [1.54, 1.807) is 6.92 Å². The van der Waals surface area contributed by atoms with Crippen LogP contribution in [0.25, 0.3) is 0 Å². The summed E-state index contributed by atoms with van der Waals surface area (Å²) in [6, 6.07) is 7.92. The number of nitrogens with zero attached hydrogens (tertiary/aromatic N) is 1. The van der Waals surface area contributed by atoms with Crippen LogP contribution in [0.5, 0.6) is 0 Å². The predicted octanol–water partition coefficient (Wildman–Crippen LogP) is 2.18. The average Bonchev–Trinajstić information content (AvgIpc) is 3.32. The first-order valence-corrected chi connectivity index (χ1v) is 8.72. The maximum absolute atomic E-state index is 12.3. The molecule has 0 radical (unpaired) electrons. The molecule has 5 nitrogen and oxygen atoms in total. The van der Waals surface area contributed by atoms with Gasteiger partial charge < -0.3 is 10.2 Å². The molecule has 2 fully saturated rings. The van der Waals surface area contributed by atoms with Crippen molar-refractivity contribution in [1.29, 1.82) is 0 Å². The minimum absolute atomic E-state index is 0.0429. The van der Waals surface area contributed by atoms with Crippen LogP contribution in [0.15, 0.2) is 24.3 Å². The fraction of sp³-hybridized carbons (Fsp3) is 0.526. The molecule has 0 bridgehead atoms. The highest BCUT2D eigenvalue weighted by molar-refractivity contribution is 6.08. The number of carbonyl (C=O) groups excluding carboxylic acids is 3. The summed E-state index contributed by atoms with van der Waals surface area (Å²) in [5.74, 6) is 0.109. The molecule has 2 aliphatic rings. The van der Waals surface area contributed by atoms with E-state index in [2.05, 4.69) is 5.32 Å². The first-order valence-electron chi connectivity index (χ1n) is 8.72. The van der Waals surface area contributed by atoms with Crippen LogP contribution >= 0.6 is 0 Å². The van der Waals surface area contributed by atoms with Crippen molar-refractivity contribution in [3.05, 3.63) is 35.4 Å². The van der Waals surface area contributed by atoms with Crippen molar-refractivity contribution >= 4 is 17.6 Å². The molecule has 1 saturated heterocycles. The Balaban J connectivity index is 1.58. The van der Waals surface area contributed by atoms with Gasteiger partial charge in [0.1, 0.15) is 11.2 Å². The topological polar surface area (TPSA) is 66.5 Å². The zero-order valence-corrected chi connectivity index (χ0v) is 14.1. The molecule has 1 N–H and O–H groups in total. The smallest absolute Gasteiger partial charge is 0.233 e. The Morgan fingerprint density at radius 1 is 1.25 bits per heavy atom. The number of nitrogens with one attached hydrogen (secondary N) is 1. The van der Waals surface area contributed by atoms with Gasteiger partial charge in [-0.25, -0.2) is 0 Å². The first kappa shape index (κ1) is 16.7. The van der Waals surface area contributed by atoms with Gasteiger partial charge in [-0.3, -0.25) is 14.4 Å². The summed E-state index contributed by atoms with van der Waals surface area (Å²) in [4.78, 5) is 37.8. The average molecular weight is 328 g/mol. The summed E-state index contributed by atoms with van der Waals surface area (Å²) in [5.41, 5.74) is 1.31. The molecule has 1 heterocycles. The highest BCUT2D eigenvalue weighted by Gasteiger charge is 2.54. The lowest BCUT2D eigenvalue weighted by Gasteiger charge is -2.17. The van der Waals surface area contributed by atoms with E-state index >= 15 is 0 Å². The first-order chi connectivity index (χ1) is 11.5. The van der Waals surface area contributed by atoms with Gasteiger partial charge in [0.05, 0.1) is 0 Å². The molecule has 3 rings (SSSR count). The lowest BCUT2D eigenvalue weighted by Crippen LogP contribution is -2.36. The van der Waals surface area contributed by atoms with Crippen molar-refractivity contribution in [2.24, 2.45) is 5.41 Å². The molecule has 0 aromatic heterocycles. The molecule has 24 heavy (non-hydrogen) atoms.